The number of hydrogen-bond acceptors (Lipinski definition) is 1. The average molecular weight is 310 g/mol. The van der Waals surface area contributed by atoms with Gasteiger partial charge in [0.05, 0.1) is 0 Å². The van der Waals surface area contributed by atoms with Gasteiger partial charge in [0.1, 0.15) is 0 Å². The van der Waals surface area contributed by atoms with E-state index < -0.39 is 7.60 Å². The van der Waals surface area contributed by atoms with Crippen molar-refractivity contribution in [3.8, 4) is 0 Å². The topological polar surface area (TPSA) is 81.3 Å². The zero-order valence-corrected chi connectivity index (χ0v) is 8.49. The van der Waals surface area contributed by atoms with Crippen LogP contribution in [0.15, 0.2) is 0 Å². The first kappa shape index (κ1) is 15.9. The Morgan fingerprint density at radius 3 is 1.38 bits per heavy atom. The van der Waals surface area contributed by atoms with Crippen LogP contribution in [0.3, 0.4) is 0 Å². The second-order valence-corrected chi connectivity index (χ2v) is 2.51. The van der Waals surface area contributed by atoms with Gasteiger partial charge in [-0.15, -0.1) is 0 Å². The minimum Gasteiger partial charge on any atom is -0.680 e. The quantitative estimate of drug-likeness (QED) is 0.638. The molecule has 0 aliphatic carbocycles. The molecule has 8 heavy (non-hydrogen) atoms. The summed E-state index contributed by atoms with van der Waals surface area (Å²) in [6.07, 6.45) is 0. The maximum atomic E-state index is 9.33. The normalized spacial score (nSPS) is 8.12. The van der Waals surface area contributed by atoms with E-state index in [9.17, 15) is 4.57 Å². The molecule has 0 spiro atoms. The molecule has 0 saturated carbocycles. The van der Waals surface area contributed by atoms with Gasteiger partial charge in [0.2, 0.25) is 0 Å². The molecule has 0 aliphatic rings. The Labute approximate surface area is 62.9 Å². The summed E-state index contributed by atoms with van der Waals surface area (Å²) in [7, 11) is -2.39. The van der Waals surface area contributed by atoms with Crippen molar-refractivity contribution in [2.75, 3.05) is 13.7 Å². The maximum absolute atomic E-state index is 9.33. The van der Waals surface area contributed by atoms with E-state index in [1.807, 2.05) is 0 Å². The van der Waals surface area contributed by atoms with Crippen LogP contribution < -0.4 is 0 Å². The summed E-state index contributed by atoms with van der Waals surface area (Å²) in [5.74, 6) is 0. The van der Waals surface area contributed by atoms with E-state index in [4.69, 9.17) is 15.5 Å². The van der Waals surface area contributed by atoms with Gasteiger partial charge >= 0.3 is 7.60 Å². The van der Waals surface area contributed by atoms with Crippen LogP contribution >= 0.6 is 7.60 Å². The third-order valence-corrected chi connectivity index (χ3v) is 0. The molecule has 0 aromatic carbocycles. The summed E-state index contributed by atoms with van der Waals surface area (Å²) in [5.41, 5.74) is 5.75. The van der Waals surface area contributed by atoms with Crippen LogP contribution in [0.2, 0.25) is 0 Å². The summed E-state index contributed by atoms with van der Waals surface area (Å²) in [6, 6.07) is 0. The summed E-state index contributed by atoms with van der Waals surface area (Å²) in [4.78, 5) is 15.3. The van der Waals surface area contributed by atoms with Crippen molar-refractivity contribution >= 4 is 7.60 Å². The molecule has 0 saturated heterocycles. The van der Waals surface area contributed by atoms with E-state index in [2.05, 4.69) is 0 Å². The van der Waals surface area contributed by atoms with Crippen LogP contribution in [-0.2, 0) is 25.6 Å². The molecule has 0 fully saturated rings. The number of hydrogen-bond donors (Lipinski definition) is 2. The van der Waals surface area contributed by atoms with Crippen molar-refractivity contribution in [3.05, 3.63) is 5.73 Å². The third-order valence-electron chi connectivity index (χ3n) is 0. The third kappa shape index (κ3) is 359. The Kier molecular flexibility index (Phi) is 15.5. The van der Waals surface area contributed by atoms with Crippen LogP contribution in [-0.4, -0.2) is 23.5 Å². The molecule has 0 atom stereocenters. The van der Waals surface area contributed by atoms with Crippen molar-refractivity contribution in [1.82, 2.24) is 0 Å². The SMILES string of the molecule is CP(=O)(O)O.C[NH-].[W]. The predicted molar refractivity (Wildman–Crippen MR) is 28.2 cm³/mol. The Morgan fingerprint density at radius 1 is 1.38 bits per heavy atom. The van der Waals surface area contributed by atoms with Crippen LogP contribution in [0.1, 0.15) is 0 Å². The van der Waals surface area contributed by atoms with Gasteiger partial charge in [0.25, 0.3) is 0 Å². The molecule has 0 aromatic rings. The largest absolute Gasteiger partial charge is 0.680 e. The van der Waals surface area contributed by atoms with E-state index in [0.717, 1.165) is 6.66 Å². The van der Waals surface area contributed by atoms with Gasteiger partial charge in [-0.25, -0.2) is 0 Å². The minimum atomic E-state index is -3.64. The molecule has 0 rings (SSSR count). The van der Waals surface area contributed by atoms with Crippen molar-refractivity contribution < 1.29 is 35.4 Å². The van der Waals surface area contributed by atoms with E-state index in [1.54, 1.807) is 0 Å². The molecule has 6 heteroatoms. The molecular weight excluding hydrogens is 301 g/mol. The van der Waals surface area contributed by atoms with Crippen LogP contribution in [0.4, 0.5) is 0 Å². The molecule has 52 valence electrons. The molecule has 0 radical (unpaired) electrons. The summed E-state index contributed by atoms with van der Waals surface area (Å²) < 4.78 is 9.33. The summed E-state index contributed by atoms with van der Waals surface area (Å²) in [6.45, 7) is 0.854. The standard InChI is InChI=1S/CH4N.CH5O3P.W/c1-2;1-5(2,3)4;/h2H,1H3;1H3,(H2,2,3,4);/q-1;;. The molecule has 3 N–H and O–H groups in total. The number of nitrogens with one attached hydrogen (secondary N) is 1. The monoisotopic (exact) mass is 310 g/mol. The van der Waals surface area contributed by atoms with E-state index in [0.29, 0.717) is 0 Å². The Balaban J connectivity index is -0.0000000750. The van der Waals surface area contributed by atoms with Gasteiger partial charge in [-0.05, 0) is 0 Å². The molecular formula is C2H9NO3PW-. The summed E-state index contributed by atoms with van der Waals surface area (Å²) >= 11 is 0. The first-order valence-corrected chi connectivity index (χ1v) is 3.59. The van der Waals surface area contributed by atoms with Gasteiger partial charge in [0.15, 0.2) is 0 Å². The molecule has 0 aliphatic heterocycles. The van der Waals surface area contributed by atoms with Crippen LogP contribution in [0, 0.1) is 0 Å². The first-order valence-electron chi connectivity index (χ1n) is 1.53. The molecule has 0 amide bonds. The fraction of sp³-hybridized carbons (Fsp3) is 1.00. The zero-order valence-electron chi connectivity index (χ0n) is 4.66. The molecule has 4 nitrogen and oxygen atoms in total. The predicted octanol–water partition coefficient (Wildman–Crippen LogP) is 0.460. The second-order valence-electron chi connectivity index (χ2n) is 0.835. The van der Waals surface area contributed by atoms with Crippen molar-refractivity contribution in [2.45, 2.75) is 0 Å². The fourth-order valence-corrected chi connectivity index (χ4v) is 0. The van der Waals surface area contributed by atoms with Crippen molar-refractivity contribution in [1.29, 1.82) is 0 Å². The molecule has 0 aromatic heterocycles. The molecule has 0 unspecified atom stereocenters. The fourth-order valence-electron chi connectivity index (χ4n) is 0. The van der Waals surface area contributed by atoms with Gasteiger partial charge in [-0.2, -0.15) is 7.05 Å². The van der Waals surface area contributed by atoms with Crippen LogP contribution in [0.25, 0.3) is 5.73 Å². The Hall–Kier alpha value is 0.798. The van der Waals surface area contributed by atoms with Gasteiger partial charge in [0, 0.05) is 27.7 Å². The van der Waals surface area contributed by atoms with E-state index >= 15 is 0 Å². The van der Waals surface area contributed by atoms with Crippen molar-refractivity contribution in [2.24, 2.45) is 0 Å². The van der Waals surface area contributed by atoms with Gasteiger partial charge in [-0.1, -0.05) is 0 Å². The average Bonchev–Trinajstić information content (AvgIpc) is 1.36. The maximum Gasteiger partial charge on any atom is 0.322 e. The smallest absolute Gasteiger partial charge is 0.322 e. The van der Waals surface area contributed by atoms with Crippen LogP contribution in [0.5, 0.6) is 0 Å². The van der Waals surface area contributed by atoms with Gasteiger partial charge in [-0.3, -0.25) is 4.57 Å². The van der Waals surface area contributed by atoms with Crippen molar-refractivity contribution in [3.63, 3.8) is 0 Å². The zero-order chi connectivity index (χ0) is 6.50. The number of rotatable bonds is 0. The Morgan fingerprint density at radius 2 is 1.38 bits per heavy atom. The molecule has 0 heterocycles. The minimum absolute atomic E-state index is 0. The second kappa shape index (κ2) is 7.80. The van der Waals surface area contributed by atoms with Gasteiger partial charge < -0.3 is 15.5 Å². The Bertz CT molecular complexity index is 63.4. The van der Waals surface area contributed by atoms with E-state index in [-0.39, 0.29) is 21.1 Å². The summed E-state index contributed by atoms with van der Waals surface area (Å²) in [5, 5.41) is 0. The molecule has 0 bridgehead atoms. The van der Waals surface area contributed by atoms with E-state index in [1.165, 1.54) is 7.05 Å². The first-order chi connectivity index (χ1) is 3.00.